The van der Waals surface area contributed by atoms with Gasteiger partial charge in [0.1, 0.15) is 23.9 Å². The van der Waals surface area contributed by atoms with Crippen LogP contribution in [0.25, 0.3) is 0 Å². The van der Waals surface area contributed by atoms with Crippen molar-refractivity contribution in [3.05, 3.63) is 65.7 Å². The van der Waals surface area contributed by atoms with E-state index in [1.807, 2.05) is 0 Å². The second kappa shape index (κ2) is 15.6. The molecule has 4 unspecified atom stereocenters. The first-order valence-corrected chi connectivity index (χ1v) is 12.5. The number of hydrogen-bond acceptors (Lipinski definition) is 8. The summed E-state index contributed by atoms with van der Waals surface area (Å²) in [6.45, 7) is 0. The third-order valence-electron chi connectivity index (χ3n) is 5.92. The summed E-state index contributed by atoms with van der Waals surface area (Å²) < 4.78 is 0. The average molecular weight is 573 g/mol. The number of phenols is 1. The van der Waals surface area contributed by atoms with Crippen molar-refractivity contribution < 1.29 is 49.2 Å². The molecule has 0 saturated heterocycles. The van der Waals surface area contributed by atoms with E-state index in [1.54, 1.807) is 42.5 Å². The zero-order valence-electron chi connectivity index (χ0n) is 21.9. The Morgan fingerprint density at radius 2 is 1.20 bits per heavy atom. The molecule has 3 amide bonds. The fourth-order valence-electron chi connectivity index (χ4n) is 3.77. The lowest BCUT2D eigenvalue weighted by Crippen LogP contribution is -2.58. The number of phenolic OH excluding ortho intramolecular Hbond substituents is 1. The molecule has 0 bridgehead atoms. The van der Waals surface area contributed by atoms with Gasteiger partial charge in [0.05, 0.1) is 12.5 Å². The van der Waals surface area contributed by atoms with Crippen molar-refractivity contribution in [1.82, 2.24) is 16.0 Å². The summed E-state index contributed by atoms with van der Waals surface area (Å²) in [4.78, 5) is 72.7. The lowest BCUT2D eigenvalue weighted by atomic mass is 10.0. The van der Waals surface area contributed by atoms with Gasteiger partial charge < -0.3 is 42.1 Å². The lowest BCUT2D eigenvalue weighted by Gasteiger charge is -2.24. The van der Waals surface area contributed by atoms with Gasteiger partial charge >= 0.3 is 17.9 Å². The number of amides is 3. The summed E-state index contributed by atoms with van der Waals surface area (Å²) in [5, 5.41) is 43.7. The molecule has 0 spiro atoms. The predicted octanol–water partition coefficient (Wildman–Crippen LogP) is -0.617. The maximum absolute atomic E-state index is 13.3. The Hall–Kier alpha value is -4.98. The highest BCUT2D eigenvalue weighted by atomic mass is 16.4. The van der Waals surface area contributed by atoms with Crippen LogP contribution in [-0.2, 0) is 41.6 Å². The van der Waals surface area contributed by atoms with Crippen molar-refractivity contribution >= 4 is 35.6 Å². The highest BCUT2D eigenvalue weighted by molar-refractivity contribution is 5.95. The van der Waals surface area contributed by atoms with Crippen LogP contribution in [-0.4, -0.2) is 80.2 Å². The van der Waals surface area contributed by atoms with E-state index in [2.05, 4.69) is 16.0 Å². The maximum atomic E-state index is 13.3. The minimum atomic E-state index is -1.74. The fraction of sp³-hybridized carbons (Fsp3) is 0.333. The molecule has 220 valence electrons. The molecule has 14 nitrogen and oxygen atoms in total. The molecule has 0 aromatic heterocycles. The van der Waals surface area contributed by atoms with E-state index in [0.717, 1.165) is 0 Å². The second-order valence-corrected chi connectivity index (χ2v) is 9.22. The molecule has 14 heteroatoms. The number of carboxylic acids is 3. The van der Waals surface area contributed by atoms with Crippen molar-refractivity contribution in [2.24, 2.45) is 5.73 Å². The van der Waals surface area contributed by atoms with Crippen LogP contribution < -0.4 is 21.7 Å². The lowest BCUT2D eigenvalue weighted by molar-refractivity contribution is -0.144. The van der Waals surface area contributed by atoms with Gasteiger partial charge in [0.25, 0.3) is 0 Å². The smallest absolute Gasteiger partial charge is 0.326 e. The third-order valence-corrected chi connectivity index (χ3v) is 5.92. The molecule has 41 heavy (non-hydrogen) atoms. The molecular weight excluding hydrogens is 540 g/mol. The number of hydrogen-bond donors (Lipinski definition) is 8. The molecule has 0 heterocycles. The molecule has 0 aliphatic heterocycles. The van der Waals surface area contributed by atoms with Gasteiger partial charge in [-0.3, -0.25) is 24.0 Å². The Balaban J connectivity index is 2.21. The monoisotopic (exact) mass is 572 g/mol. The summed E-state index contributed by atoms with van der Waals surface area (Å²) in [5.74, 6) is -7.11. The summed E-state index contributed by atoms with van der Waals surface area (Å²) in [6, 6.07) is 8.72. The standard InChI is InChI=1S/C27H32N4O10/c28-18(12-16-6-8-17(32)9-7-16)24(37)30-20(13-15-4-2-1-3-5-15)25(38)31-21(14-23(35)36)26(39)29-19(27(40)41)10-11-22(33)34/h1-9,18-21,32H,10-14,28H2,(H,29,39)(H,30,37)(H,31,38)(H,33,34)(H,35,36)(H,40,41). The van der Waals surface area contributed by atoms with Crippen molar-refractivity contribution in [2.45, 2.75) is 56.3 Å². The van der Waals surface area contributed by atoms with Crippen LogP contribution >= 0.6 is 0 Å². The minimum absolute atomic E-state index is 0.0304. The Morgan fingerprint density at radius 3 is 1.76 bits per heavy atom. The Bertz CT molecular complexity index is 1240. The van der Waals surface area contributed by atoms with Crippen LogP contribution in [0.2, 0.25) is 0 Å². The predicted molar refractivity (Wildman–Crippen MR) is 142 cm³/mol. The molecule has 0 aliphatic carbocycles. The van der Waals surface area contributed by atoms with Gasteiger partial charge in [0.2, 0.25) is 17.7 Å². The van der Waals surface area contributed by atoms with Crippen LogP contribution in [0.5, 0.6) is 5.75 Å². The first-order chi connectivity index (χ1) is 19.3. The quantitative estimate of drug-likeness (QED) is 0.126. The first kappa shape index (κ1) is 32.2. The second-order valence-electron chi connectivity index (χ2n) is 9.22. The summed E-state index contributed by atoms with van der Waals surface area (Å²) in [5.41, 5.74) is 7.30. The Kier molecular flexibility index (Phi) is 12.2. The van der Waals surface area contributed by atoms with Gasteiger partial charge in [-0.1, -0.05) is 42.5 Å². The van der Waals surface area contributed by atoms with Gasteiger partial charge in [0.15, 0.2) is 0 Å². The summed E-state index contributed by atoms with van der Waals surface area (Å²) >= 11 is 0. The van der Waals surface area contributed by atoms with Crippen molar-refractivity contribution in [2.75, 3.05) is 0 Å². The number of nitrogens with two attached hydrogens (primary N) is 1. The maximum Gasteiger partial charge on any atom is 0.326 e. The molecule has 9 N–H and O–H groups in total. The van der Waals surface area contributed by atoms with E-state index >= 15 is 0 Å². The van der Waals surface area contributed by atoms with Crippen LogP contribution in [0.15, 0.2) is 54.6 Å². The van der Waals surface area contributed by atoms with Crippen LogP contribution in [0.4, 0.5) is 0 Å². The van der Waals surface area contributed by atoms with Crippen molar-refractivity contribution in [1.29, 1.82) is 0 Å². The van der Waals surface area contributed by atoms with E-state index in [-0.39, 0.29) is 18.6 Å². The number of benzene rings is 2. The Labute approximate surface area is 234 Å². The van der Waals surface area contributed by atoms with E-state index in [1.165, 1.54) is 12.1 Å². The van der Waals surface area contributed by atoms with Crippen molar-refractivity contribution in [3.8, 4) is 5.75 Å². The summed E-state index contributed by atoms with van der Waals surface area (Å²) in [7, 11) is 0. The number of carboxylic acid groups (broad SMARTS) is 3. The minimum Gasteiger partial charge on any atom is -0.508 e. The topological polar surface area (TPSA) is 245 Å². The van der Waals surface area contributed by atoms with Gasteiger partial charge in [-0.25, -0.2) is 4.79 Å². The van der Waals surface area contributed by atoms with Crippen LogP contribution in [0.3, 0.4) is 0 Å². The number of nitrogens with one attached hydrogen (secondary N) is 3. The fourth-order valence-corrected chi connectivity index (χ4v) is 3.77. The first-order valence-electron chi connectivity index (χ1n) is 12.5. The molecular formula is C27H32N4O10. The molecule has 4 atom stereocenters. The molecule has 0 saturated carbocycles. The molecule has 0 fully saturated rings. The zero-order valence-corrected chi connectivity index (χ0v) is 21.9. The molecule has 2 aromatic carbocycles. The highest BCUT2D eigenvalue weighted by Gasteiger charge is 2.32. The number of aliphatic carboxylic acids is 3. The normalized spacial score (nSPS) is 13.6. The highest BCUT2D eigenvalue weighted by Crippen LogP contribution is 2.12. The van der Waals surface area contributed by atoms with E-state index in [0.29, 0.717) is 11.1 Å². The molecule has 0 aliphatic rings. The number of carbonyl (C=O) groups excluding carboxylic acids is 3. The summed E-state index contributed by atoms with van der Waals surface area (Å²) in [6.07, 6.45) is -1.96. The molecule has 2 rings (SSSR count). The number of rotatable bonds is 16. The number of carbonyl (C=O) groups is 6. The largest absolute Gasteiger partial charge is 0.508 e. The van der Waals surface area contributed by atoms with Gasteiger partial charge in [-0.2, -0.15) is 0 Å². The van der Waals surface area contributed by atoms with E-state index in [4.69, 9.17) is 10.8 Å². The third kappa shape index (κ3) is 11.3. The molecule has 2 aromatic rings. The Morgan fingerprint density at radius 1 is 0.659 bits per heavy atom. The number of aromatic hydroxyl groups is 1. The SMILES string of the molecule is NC(Cc1ccc(O)cc1)C(=O)NC(Cc1ccccc1)C(=O)NC(CC(=O)O)C(=O)NC(CCC(=O)O)C(=O)O. The van der Waals surface area contributed by atoms with E-state index in [9.17, 15) is 44.1 Å². The van der Waals surface area contributed by atoms with E-state index < -0.39 is 79.1 Å². The van der Waals surface area contributed by atoms with Gasteiger partial charge in [-0.05, 0) is 36.1 Å². The van der Waals surface area contributed by atoms with Crippen molar-refractivity contribution in [3.63, 3.8) is 0 Å². The average Bonchev–Trinajstić information content (AvgIpc) is 2.91. The van der Waals surface area contributed by atoms with Gasteiger partial charge in [-0.15, -0.1) is 0 Å². The molecule has 0 radical (unpaired) electrons. The van der Waals surface area contributed by atoms with Crippen LogP contribution in [0.1, 0.15) is 30.4 Å². The van der Waals surface area contributed by atoms with Gasteiger partial charge in [0, 0.05) is 12.8 Å². The zero-order chi connectivity index (χ0) is 30.5. The van der Waals surface area contributed by atoms with Crippen LogP contribution in [0, 0.1) is 0 Å².